The molecule has 1 aliphatic heterocycles. The van der Waals surface area contributed by atoms with E-state index in [0.29, 0.717) is 42.8 Å². The lowest BCUT2D eigenvalue weighted by Gasteiger charge is -2.23. The van der Waals surface area contributed by atoms with Gasteiger partial charge in [0.15, 0.2) is 18.0 Å². The van der Waals surface area contributed by atoms with E-state index < -0.39 is 63.7 Å². The third-order valence-corrected chi connectivity index (χ3v) is 15.0. The van der Waals surface area contributed by atoms with E-state index in [2.05, 4.69) is 45.2 Å². The molecule has 0 spiro atoms. The van der Waals surface area contributed by atoms with Gasteiger partial charge in [-0.25, -0.2) is 23.1 Å². The molecule has 0 radical (unpaired) electrons. The lowest BCUT2D eigenvalue weighted by atomic mass is 10.1. The number of aryl methyl sites for hydroxylation is 1. The minimum absolute atomic E-state index is 0.0368. The molecule has 29 heteroatoms. The van der Waals surface area contributed by atoms with E-state index >= 15 is 0 Å². The van der Waals surface area contributed by atoms with Gasteiger partial charge in [-0.3, -0.25) is 23.6 Å². The van der Waals surface area contributed by atoms with E-state index in [9.17, 15) is 46.3 Å². The lowest BCUT2D eigenvalue weighted by molar-refractivity contribution is -0.696. The van der Waals surface area contributed by atoms with Gasteiger partial charge in [-0.15, -0.1) is 0 Å². The Hall–Kier alpha value is -5.09. The van der Waals surface area contributed by atoms with Crippen molar-refractivity contribution in [1.82, 2.24) is 19.9 Å². The summed E-state index contributed by atoms with van der Waals surface area (Å²) in [5.74, 6) is 4.92. The van der Waals surface area contributed by atoms with E-state index in [-0.39, 0.29) is 66.4 Å². The molecule has 1 aliphatic rings. The molecule has 1 fully saturated rings. The molecule has 1 saturated heterocycles. The van der Waals surface area contributed by atoms with Gasteiger partial charge in [0, 0.05) is 67.0 Å². The lowest BCUT2D eigenvalue weighted by Crippen LogP contribution is -2.33. The van der Waals surface area contributed by atoms with Gasteiger partial charge >= 0.3 is 29.1 Å². The maximum atomic E-state index is 13.0. The molecule has 4 aromatic heterocycles. The molecule has 5 aromatic rings. The first kappa shape index (κ1) is 52.3. The number of phosphoric acid groups is 3. The SMILES string of the molecule is CCN(CCCCCC(=O)NCC#Cc1cn([C@H]2CC[C@@H](COP(=O)(O)OP(=O)(O)OP(=O)(O)O)O2)c2nc(N)[nH]c(=O)c12)c1ccc2cc(-c3cc[n+](CCCS(=O)(=O)O)cc3)c(=O)oc2c1. The number of nitrogens with one attached hydrogen (secondary N) is 2. The minimum Gasteiger partial charge on any atom is -0.422 e. The number of hydrogen-bond donors (Lipinski definition) is 8. The number of rotatable bonds is 22. The monoisotopic (exact) mass is 1030 g/mol. The normalized spacial score (nSPS) is 17.1. The van der Waals surface area contributed by atoms with E-state index in [0.717, 1.165) is 23.9 Å². The minimum atomic E-state index is -5.70. The van der Waals surface area contributed by atoms with Crippen LogP contribution in [0.15, 0.2) is 69.0 Å². The van der Waals surface area contributed by atoms with Crippen molar-refractivity contribution < 1.29 is 77.9 Å². The number of H-pyrrole nitrogens is 1. The fourth-order valence-corrected chi connectivity index (χ4v) is 10.8. The van der Waals surface area contributed by atoms with Crippen molar-refractivity contribution >= 4 is 73.1 Å². The zero-order valence-corrected chi connectivity index (χ0v) is 39.7. The van der Waals surface area contributed by atoms with E-state index in [4.69, 9.17) is 29.2 Å². The number of unbranched alkanes of at least 4 members (excludes halogenated alkanes) is 2. The Bertz CT molecular complexity index is 3090. The number of hydrogen-bond acceptors (Lipinski definition) is 16. The number of ether oxygens (including phenoxy) is 1. The van der Waals surface area contributed by atoms with Crippen LogP contribution in [0, 0.1) is 11.8 Å². The van der Waals surface area contributed by atoms with E-state index in [1.807, 2.05) is 25.1 Å². The van der Waals surface area contributed by atoms with Crippen molar-refractivity contribution in [3.63, 3.8) is 0 Å². The van der Waals surface area contributed by atoms with Crippen molar-refractivity contribution in [3.8, 4) is 23.0 Å². The molecule has 1 aromatic carbocycles. The molecular weight excluding hydrogens is 979 g/mol. The Kier molecular flexibility index (Phi) is 17.0. The number of benzene rings is 1. The second kappa shape index (κ2) is 22.1. The molecular formula is C39H49N7O18P3S+. The summed E-state index contributed by atoms with van der Waals surface area (Å²) >= 11 is 0. The van der Waals surface area contributed by atoms with Crippen molar-refractivity contribution in [3.05, 3.63) is 81.3 Å². The molecule has 6 rings (SSSR count). The van der Waals surface area contributed by atoms with Crippen molar-refractivity contribution in [2.24, 2.45) is 0 Å². The Morgan fingerprint density at radius 3 is 2.50 bits per heavy atom. The van der Waals surface area contributed by atoms with Crippen LogP contribution in [0.25, 0.3) is 33.1 Å². The number of pyridine rings is 1. The summed E-state index contributed by atoms with van der Waals surface area (Å²) in [5, 5.41) is 3.56. The molecule has 5 heterocycles. The average molecular weight is 1030 g/mol. The van der Waals surface area contributed by atoms with Crippen LogP contribution >= 0.6 is 23.5 Å². The summed E-state index contributed by atoms with van der Waals surface area (Å²) in [7, 11) is -20.7. The topological polar surface area (TPSA) is 367 Å². The van der Waals surface area contributed by atoms with Gasteiger partial charge < -0.3 is 49.2 Å². The van der Waals surface area contributed by atoms with Crippen LogP contribution in [0.1, 0.15) is 63.7 Å². The van der Waals surface area contributed by atoms with Crippen LogP contribution in [0.4, 0.5) is 11.6 Å². The first-order valence-electron chi connectivity index (χ1n) is 20.9. The highest BCUT2D eigenvalue weighted by molar-refractivity contribution is 7.85. The standard InChI is InChI=1S/C39H48N7O18P3S/c1-2-45(29-11-10-27-22-31(38(49)62-32(27)23-29)26-14-19-44(20-15-26)17-7-21-68(57,58)59)18-5-3-4-9-33(47)41-16-6-8-28-24-46(36-35(28)37(48)43-39(40)42-36)34-13-12-30(61-34)25-60-66(53,54)64-67(55,56)63-65(50,51)52/h10-11,14-15,19-20,22-24,30,34H,2-5,7,9,12-13,16-18,21,25H2,1H3,(H8-,40,41,42,43,47,48,50,51,52,53,54,55,56,57,58,59)/p+1/t30-,34+/m0/s1. The third kappa shape index (κ3) is 15.0. The highest BCUT2D eigenvalue weighted by Gasteiger charge is 2.41. The summed E-state index contributed by atoms with van der Waals surface area (Å²) in [5.41, 5.74) is 7.36. The fourth-order valence-electron chi connectivity index (χ4n) is 7.30. The van der Waals surface area contributed by atoms with E-state index in [1.54, 1.807) is 35.2 Å². The Labute approximate surface area is 387 Å². The number of carbonyl (C=O) groups excluding carboxylic acids is 1. The van der Waals surface area contributed by atoms with Crippen LogP contribution in [0.3, 0.4) is 0 Å². The first-order chi connectivity index (χ1) is 32.0. The summed E-state index contributed by atoms with van der Waals surface area (Å²) in [6.07, 6.45) is 6.31. The number of nitrogen functional groups attached to an aromatic ring is 1. The summed E-state index contributed by atoms with van der Waals surface area (Å²) in [4.78, 5) is 84.0. The van der Waals surface area contributed by atoms with Gasteiger partial charge in [-0.05, 0) is 50.8 Å². The van der Waals surface area contributed by atoms with Gasteiger partial charge in [0.1, 0.15) is 18.4 Å². The molecule has 1 amide bonds. The molecule has 0 bridgehead atoms. The zero-order chi connectivity index (χ0) is 49.4. The van der Waals surface area contributed by atoms with Crippen LogP contribution in [-0.4, -0.2) is 91.1 Å². The smallest absolute Gasteiger partial charge is 0.422 e. The maximum absolute atomic E-state index is 13.0. The van der Waals surface area contributed by atoms with Crippen molar-refractivity contribution in [2.75, 3.05) is 42.6 Å². The predicted molar refractivity (Wildman–Crippen MR) is 243 cm³/mol. The summed E-state index contributed by atoms with van der Waals surface area (Å²) < 4.78 is 92.6. The summed E-state index contributed by atoms with van der Waals surface area (Å²) in [6, 6.07) is 10.9. The highest BCUT2D eigenvalue weighted by atomic mass is 32.2. The Morgan fingerprint density at radius 2 is 1.79 bits per heavy atom. The molecule has 2 unspecified atom stereocenters. The number of aromatic amines is 1. The number of anilines is 2. The number of aromatic nitrogens is 4. The van der Waals surface area contributed by atoms with Crippen LogP contribution < -0.4 is 31.7 Å². The third-order valence-electron chi connectivity index (χ3n) is 10.4. The first-order valence-corrected chi connectivity index (χ1v) is 27.0. The van der Waals surface area contributed by atoms with Gasteiger partial charge in [0.05, 0.1) is 41.5 Å². The van der Waals surface area contributed by atoms with Crippen molar-refractivity contribution in [1.29, 1.82) is 0 Å². The molecule has 368 valence electrons. The molecule has 0 aliphatic carbocycles. The van der Waals surface area contributed by atoms with Crippen LogP contribution in [-0.2, 0) is 53.0 Å². The average Bonchev–Trinajstić information content (AvgIpc) is 3.86. The fraction of sp³-hybridized carbons (Fsp3) is 0.410. The summed E-state index contributed by atoms with van der Waals surface area (Å²) in [6.45, 7) is 3.05. The predicted octanol–water partition coefficient (Wildman–Crippen LogP) is 3.22. The van der Waals surface area contributed by atoms with Gasteiger partial charge in [-0.2, -0.15) is 22.0 Å². The van der Waals surface area contributed by atoms with Crippen LogP contribution in [0.5, 0.6) is 0 Å². The van der Waals surface area contributed by atoms with E-state index in [1.165, 1.54) is 10.8 Å². The number of phosphoric ester groups is 1. The molecule has 4 atom stereocenters. The maximum Gasteiger partial charge on any atom is 0.490 e. The second-order valence-corrected chi connectivity index (χ2v) is 21.4. The van der Waals surface area contributed by atoms with Gasteiger partial charge in [0.25, 0.3) is 15.7 Å². The largest absolute Gasteiger partial charge is 0.490 e. The van der Waals surface area contributed by atoms with Gasteiger partial charge in [0.2, 0.25) is 11.9 Å². The highest BCUT2D eigenvalue weighted by Crippen LogP contribution is 2.66. The number of carbonyl (C=O) groups is 1. The van der Waals surface area contributed by atoms with Gasteiger partial charge in [-0.1, -0.05) is 18.3 Å². The quantitative estimate of drug-likeness (QED) is 0.0123. The second-order valence-electron chi connectivity index (χ2n) is 15.4. The zero-order valence-electron chi connectivity index (χ0n) is 36.2. The number of nitrogens with two attached hydrogens (primary N) is 1. The number of fused-ring (bicyclic) bond motifs is 2. The molecule has 68 heavy (non-hydrogen) atoms. The molecule has 9 N–H and O–H groups in total. The molecule has 25 nitrogen and oxygen atoms in total. The van der Waals surface area contributed by atoms with Crippen molar-refractivity contribution in [2.45, 2.75) is 70.7 Å². The number of amides is 1. The molecule has 0 saturated carbocycles. The Morgan fingerprint density at radius 1 is 1.04 bits per heavy atom. The Balaban J connectivity index is 0.964. The number of nitrogens with zero attached hydrogens (tertiary/aromatic N) is 4. The van der Waals surface area contributed by atoms with Crippen LogP contribution in [0.2, 0.25) is 0 Å².